The first-order chi connectivity index (χ1) is 11.2. The van der Waals surface area contributed by atoms with Gasteiger partial charge in [0.15, 0.2) is 5.88 Å². The van der Waals surface area contributed by atoms with Crippen molar-refractivity contribution in [3.63, 3.8) is 0 Å². The highest BCUT2D eigenvalue weighted by Crippen LogP contribution is 2.28. The third-order valence-corrected chi connectivity index (χ3v) is 3.90. The second-order valence-electron chi connectivity index (χ2n) is 5.21. The van der Waals surface area contributed by atoms with Crippen LogP contribution in [0.4, 0.5) is 0 Å². The van der Waals surface area contributed by atoms with Crippen molar-refractivity contribution in [2.75, 3.05) is 13.7 Å². The van der Waals surface area contributed by atoms with Crippen LogP contribution >= 0.6 is 11.6 Å². The Morgan fingerprint density at radius 3 is 2.91 bits per heavy atom. The number of fused-ring (bicyclic) bond motifs is 1. The number of aromatic amines is 1. The van der Waals surface area contributed by atoms with E-state index in [9.17, 15) is 5.11 Å². The van der Waals surface area contributed by atoms with Crippen molar-refractivity contribution in [1.29, 1.82) is 0 Å². The van der Waals surface area contributed by atoms with Gasteiger partial charge in [-0.2, -0.15) is 0 Å². The van der Waals surface area contributed by atoms with Crippen molar-refractivity contribution in [1.82, 2.24) is 4.98 Å². The first-order valence-electron chi connectivity index (χ1n) is 7.30. The number of H-pyrrole nitrogens is 1. The van der Waals surface area contributed by atoms with Crippen LogP contribution in [0.25, 0.3) is 10.9 Å². The Balaban J connectivity index is 1.76. The van der Waals surface area contributed by atoms with Crippen molar-refractivity contribution >= 4 is 28.7 Å². The highest BCUT2D eigenvalue weighted by Gasteiger charge is 2.09. The number of hydrogen-bond donors (Lipinski definition) is 2. The summed E-state index contributed by atoms with van der Waals surface area (Å²) in [6, 6.07) is 13.3. The van der Waals surface area contributed by atoms with Crippen LogP contribution < -0.4 is 4.74 Å². The van der Waals surface area contributed by atoms with E-state index in [0.29, 0.717) is 12.1 Å². The molecular formula is C18H17ClN2O2. The summed E-state index contributed by atoms with van der Waals surface area (Å²) in [4.78, 5) is 7.35. The fraction of sp³-hybridized carbons (Fsp3) is 0.167. The van der Waals surface area contributed by atoms with E-state index in [1.807, 2.05) is 42.5 Å². The lowest BCUT2D eigenvalue weighted by Crippen LogP contribution is -1.90. The monoisotopic (exact) mass is 328 g/mol. The number of methoxy groups -OCH3 is 1. The lowest BCUT2D eigenvalue weighted by molar-refractivity contribution is 0.415. The Bertz CT molecular complexity index is 855. The molecule has 0 aliphatic carbocycles. The van der Waals surface area contributed by atoms with Crippen LogP contribution in [0.3, 0.4) is 0 Å². The average Bonchev–Trinajstić information content (AvgIpc) is 2.86. The molecule has 2 N–H and O–H groups in total. The molecule has 3 rings (SSSR count). The van der Waals surface area contributed by atoms with Crippen LogP contribution in [0, 0.1) is 0 Å². The van der Waals surface area contributed by atoms with E-state index in [4.69, 9.17) is 16.3 Å². The van der Waals surface area contributed by atoms with Crippen LogP contribution in [-0.4, -0.2) is 30.0 Å². The van der Waals surface area contributed by atoms with Gasteiger partial charge in [0, 0.05) is 28.7 Å². The van der Waals surface area contributed by atoms with Gasteiger partial charge in [0.1, 0.15) is 5.75 Å². The fourth-order valence-corrected chi connectivity index (χ4v) is 2.69. The lowest BCUT2D eigenvalue weighted by Gasteiger charge is -2.00. The van der Waals surface area contributed by atoms with Crippen molar-refractivity contribution < 1.29 is 9.84 Å². The molecule has 0 aliphatic rings. The molecule has 4 nitrogen and oxygen atoms in total. The molecule has 118 valence electrons. The maximum Gasteiger partial charge on any atom is 0.198 e. The van der Waals surface area contributed by atoms with Gasteiger partial charge in [0.2, 0.25) is 0 Å². The highest BCUT2D eigenvalue weighted by atomic mass is 35.5. The normalized spacial score (nSPS) is 11.4. The largest absolute Gasteiger partial charge is 0.497 e. The topological polar surface area (TPSA) is 57.6 Å². The molecule has 0 saturated heterocycles. The predicted octanol–water partition coefficient (Wildman–Crippen LogP) is 4.20. The Morgan fingerprint density at radius 1 is 1.26 bits per heavy atom. The van der Waals surface area contributed by atoms with Crippen LogP contribution in [0.5, 0.6) is 11.6 Å². The SMILES string of the molecule is COc1ccc2[nH]c(O)c(C=NCCc3cccc(Cl)c3)c2c1. The van der Waals surface area contributed by atoms with Gasteiger partial charge >= 0.3 is 0 Å². The van der Waals surface area contributed by atoms with Gasteiger partial charge in [-0.1, -0.05) is 23.7 Å². The van der Waals surface area contributed by atoms with E-state index in [-0.39, 0.29) is 5.88 Å². The lowest BCUT2D eigenvalue weighted by atomic mass is 10.1. The molecule has 3 aromatic rings. The Labute approximate surface area is 139 Å². The second-order valence-corrected chi connectivity index (χ2v) is 5.65. The van der Waals surface area contributed by atoms with E-state index in [1.54, 1.807) is 13.3 Å². The van der Waals surface area contributed by atoms with Gasteiger partial charge in [-0.15, -0.1) is 0 Å². The summed E-state index contributed by atoms with van der Waals surface area (Å²) in [6.45, 7) is 0.621. The molecule has 0 saturated carbocycles. The first kappa shape index (κ1) is 15.4. The number of nitrogens with zero attached hydrogens (tertiary/aromatic N) is 1. The second kappa shape index (κ2) is 6.75. The van der Waals surface area contributed by atoms with Crippen molar-refractivity contribution in [3.05, 3.63) is 58.6 Å². The quantitative estimate of drug-likeness (QED) is 0.690. The molecule has 0 spiro atoms. The number of benzene rings is 2. The molecule has 5 heteroatoms. The molecule has 23 heavy (non-hydrogen) atoms. The number of hydrogen-bond acceptors (Lipinski definition) is 3. The summed E-state index contributed by atoms with van der Waals surface area (Å²) in [5.74, 6) is 0.852. The predicted molar refractivity (Wildman–Crippen MR) is 94.1 cm³/mol. The first-order valence-corrected chi connectivity index (χ1v) is 7.68. The molecule has 2 aromatic carbocycles. The van der Waals surface area contributed by atoms with Crippen molar-refractivity contribution in [2.24, 2.45) is 4.99 Å². The summed E-state index contributed by atoms with van der Waals surface area (Å²) >= 11 is 5.97. The highest BCUT2D eigenvalue weighted by molar-refractivity contribution is 6.30. The van der Waals surface area contributed by atoms with Crippen molar-refractivity contribution in [3.8, 4) is 11.6 Å². The van der Waals surface area contributed by atoms with E-state index >= 15 is 0 Å². The third kappa shape index (κ3) is 3.48. The van der Waals surface area contributed by atoms with Crippen molar-refractivity contribution in [2.45, 2.75) is 6.42 Å². The zero-order valence-corrected chi connectivity index (χ0v) is 13.5. The molecule has 1 aromatic heterocycles. The summed E-state index contributed by atoms with van der Waals surface area (Å²) in [7, 11) is 1.62. The van der Waals surface area contributed by atoms with Gasteiger partial charge in [0.05, 0.1) is 12.7 Å². The smallest absolute Gasteiger partial charge is 0.198 e. The zero-order chi connectivity index (χ0) is 16.2. The maximum absolute atomic E-state index is 10.0. The molecular weight excluding hydrogens is 312 g/mol. The Morgan fingerprint density at radius 2 is 2.13 bits per heavy atom. The summed E-state index contributed by atoms with van der Waals surface area (Å²) in [6.07, 6.45) is 2.49. The van der Waals surface area contributed by atoms with Crippen LogP contribution in [0.1, 0.15) is 11.1 Å². The van der Waals surface area contributed by atoms with Gasteiger partial charge in [0.25, 0.3) is 0 Å². The molecule has 0 aliphatic heterocycles. The van der Waals surface area contributed by atoms with Crippen LogP contribution in [-0.2, 0) is 6.42 Å². The molecule has 0 unspecified atom stereocenters. The maximum atomic E-state index is 10.0. The zero-order valence-electron chi connectivity index (χ0n) is 12.7. The number of rotatable bonds is 5. The van der Waals surface area contributed by atoms with E-state index in [2.05, 4.69) is 9.98 Å². The molecule has 0 atom stereocenters. The molecule has 1 heterocycles. The Hall–Kier alpha value is -2.46. The number of aromatic nitrogens is 1. The molecule has 0 bridgehead atoms. The summed E-state index contributed by atoms with van der Waals surface area (Å²) in [5, 5.41) is 11.7. The van der Waals surface area contributed by atoms with Gasteiger partial charge in [-0.05, 0) is 42.3 Å². The van der Waals surface area contributed by atoms with Crippen LogP contribution in [0.2, 0.25) is 5.02 Å². The minimum Gasteiger partial charge on any atom is -0.497 e. The van der Waals surface area contributed by atoms with E-state index in [1.165, 1.54) is 0 Å². The molecule has 0 amide bonds. The minimum absolute atomic E-state index is 0.111. The number of ether oxygens (including phenoxy) is 1. The standard InChI is InChI=1S/C18H17ClN2O2/c1-23-14-5-6-17-15(10-14)16(18(22)21-17)11-20-8-7-12-3-2-4-13(19)9-12/h2-6,9-11,21-22H,7-8H2,1H3. The fourth-order valence-electron chi connectivity index (χ4n) is 2.48. The summed E-state index contributed by atoms with van der Waals surface area (Å²) in [5.41, 5.74) is 2.66. The number of aromatic hydroxyl groups is 1. The van der Waals surface area contributed by atoms with Gasteiger partial charge < -0.3 is 14.8 Å². The minimum atomic E-state index is 0.111. The Kier molecular flexibility index (Phi) is 4.53. The van der Waals surface area contributed by atoms with E-state index in [0.717, 1.165) is 33.7 Å². The summed E-state index contributed by atoms with van der Waals surface area (Å²) < 4.78 is 5.23. The van der Waals surface area contributed by atoms with Crippen LogP contribution in [0.15, 0.2) is 47.5 Å². The molecule has 0 fully saturated rings. The number of halogens is 1. The van der Waals surface area contributed by atoms with E-state index < -0.39 is 0 Å². The molecule has 0 radical (unpaired) electrons. The third-order valence-electron chi connectivity index (χ3n) is 3.66. The number of nitrogens with one attached hydrogen (secondary N) is 1. The van der Waals surface area contributed by atoms with Gasteiger partial charge in [-0.3, -0.25) is 4.99 Å². The average molecular weight is 329 g/mol. The number of aliphatic imine (C=N–C) groups is 1. The van der Waals surface area contributed by atoms with Gasteiger partial charge in [-0.25, -0.2) is 0 Å².